The average Bonchev–Trinajstić information content (AvgIpc) is 2.66. The summed E-state index contributed by atoms with van der Waals surface area (Å²) < 4.78 is 5.79. The summed E-state index contributed by atoms with van der Waals surface area (Å²) in [6.45, 7) is 1.88. The molecule has 0 saturated heterocycles. The molecule has 2 aromatic rings. The maximum atomic E-state index is 11.8. The van der Waals surface area contributed by atoms with E-state index in [2.05, 4.69) is 5.32 Å². The number of benzene rings is 2. The number of carboxylic acids is 1. The molecule has 0 radical (unpaired) electrons. The number of nitrogens with one attached hydrogen (secondary N) is 1. The number of aliphatic carboxylic acids is 1. The van der Waals surface area contributed by atoms with Crippen LogP contribution in [0.15, 0.2) is 65.9 Å². The highest BCUT2D eigenvalue weighted by Gasteiger charge is 2.39. The van der Waals surface area contributed by atoms with Crippen molar-refractivity contribution in [1.29, 1.82) is 0 Å². The van der Waals surface area contributed by atoms with E-state index in [1.54, 1.807) is 31.2 Å². The molecule has 3 N–H and O–H groups in total. The molecule has 8 heteroatoms. The Hall–Kier alpha value is -3.39. The fourth-order valence-corrected chi connectivity index (χ4v) is 3.38. The summed E-state index contributed by atoms with van der Waals surface area (Å²) in [5.74, 6) is -0.724. The number of amides is 1. The van der Waals surface area contributed by atoms with Gasteiger partial charge in [-0.2, -0.15) is 0 Å². The Labute approximate surface area is 166 Å². The summed E-state index contributed by atoms with van der Waals surface area (Å²) in [5, 5.41) is 21.8. The fraction of sp³-hybridized carbons (Fsp3) is 0.150. The number of carboxylic acid groups (broad SMARTS) is 2. The van der Waals surface area contributed by atoms with Gasteiger partial charge >= 0.3 is 12.1 Å². The minimum atomic E-state index is -1.34. The topological polar surface area (TPSA) is 99.1 Å². The molecule has 1 aliphatic heterocycles. The second-order valence-corrected chi connectivity index (χ2v) is 6.56. The fourth-order valence-electron chi connectivity index (χ4n) is 3.05. The smallest absolute Gasteiger partial charge is 0.414 e. The molecule has 28 heavy (non-hydrogen) atoms. The molecule has 2 aromatic carbocycles. The van der Waals surface area contributed by atoms with Gasteiger partial charge in [0.25, 0.3) is 0 Å². The van der Waals surface area contributed by atoms with Gasteiger partial charge in [0.15, 0.2) is 5.11 Å². The van der Waals surface area contributed by atoms with Crippen LogP contribution < -0.4 is 10.1 Å². The molecule has 1 aliphatic rings. The summed E-state index contributed by atoms with van der Waals surface area (Å²) >= 11 is 5.12. The predicted octanol–water partition coefficient (Wildman–Crippen LogP) is 3.53. The first-order chi connectivity index (χ1) is 13.4. The number of nitrogens with zero attached hydrogens (tertiary/aromatic N) is 1. The molecular weight excluding hydrogens is 380 g/mol. The van der Waals surface area contributed by atoms with Crippen LogP contribution in [0.3, 0.4) is 0 Å². The van der Waals surface area contributed by atoms with Gasteiger partial charge in [-0.25, -0.2) is 14.5 Å². The lowest BCUT2D eigenvalue weighted by Gasteiger charge is -2.36. The average molecular weight is 398 g/mol. The van der Waals surface area contributed by atoms with Gasteiger partial charge in [-0.3, -0.25) is 0 Å². The maximum absolute atomic E-state index is 11.8. The van der Waals surface area contributed by atoms with Gasteiger partial charge < -0.3 is 20.3 Å². The second-order valence-electron chi connectivity index (χ2n) is 6.18. The number of thiocarbonyl (C=S) groups is 1. The van der Waals surface area contributed by atoms with Gasteiger partial charge in [-0.05, 0) is 42.4 Å². The Kier molecular flexibility index (Phi) is 5.60. The number of allylic oxidation sites excluding steroid dienone is 1. The third-order valence-electron chi connectivity index (χ3n) is 4.31. The molecule has 144 valence electrons. The van der Waals surface area contributed by atoms with E-state index in [1.165, 1.54) is 0 Å². The molecule has 1 atom stereocenters. The molecule has 0 bridgehead atoms. The number of hydrogen-bond acceptors (Lipinski definition) is 4. The van der Waals surface area contributed by atoms with Crippen LogP contribution in [0.2, 0.25) is 0 Å². The zero-order valence-electron chi connectivity index (χ0n) is 15.0. The summed E-state index contributed by atoms with van der Waals surface area (Å²) in [6.07, 6.45) is -1.34. The van der Waals surface area contributed by atoms with Gasteiger partial charge in [0, 0.05) is 5.70 Å². The van der Waals surface area contributed by atoms with E-state index in [-0.39, 0.29) is 10.7 Å². The lowest BCUT2D eigenvalue weighted by molar-refractivity contribution is -0.133. The highest BCUT2D eigenvalue weighted by molar-refractivity contribution is 7.80. The zero-order chi connectivity index (χ0) is 20.3. The van der Waals surface area contributed by atoms with Gasteiger partial charge in [0.05, 0.1) is 5.57 Å². The molecule has 0 aromatic heterocycles. The van der Waals surface area contributed by atoms with Crippen LogP contribution in [0.5, 0.6) is 5.75 Å². The van der Waals surface area contributed by atoms with Gasteiger partial charge in [0.2, 0.25) is 0 Å². The number of carbonyl (C=O) groups is 2. The second kappa shape index (κ2) is 8.10. The molecule has 3 rings (SSSR count). The van der Waals surface area contributed by atoms with Crippen LogP contribution in [0, 0.1) is 0 Å². The first-order valence-corrected chi connectivity index (χ1v) is 8.83. The van der Waals surface area contributed by atoms with Gasteiger partial charge in [-0.1, -0.05) is 42.5 Å². The van der Waals surface area contributed by atoms with E-state index in [4.69, 9.17) is 17.0 Å². The van der Waals surface area contributed by atoms with Crippen LogP contribution >= 0.6 is 12.2 Å². The van der Waals surface area contributed by atoms with E-state index in [9.17, 15) is 19.8 Å². The first-order valence-electron chi connectivity index (χ1n) is 8.42. The van der Waals surface area contributed by atoms with Crippen LogP contribution in [0.4, 0.5) is 4.79 Å². The molecular formula is C20H18N2O5S. The van der Waals surface area contributed by atoms with Crippen molar-refractivity contribution in [2.75, 3.05) is 0 Å². The Morgan fingerprint density at radius 1 is 1.14 bits per heavy atom. The van der Waals surface area contributed by atoms with E-state index >= 15 is 0 Å². The van der Waals surface area contributed by atoms with Crippen molar-refractivity contribution >= 4 is 29.4 Å². The van der Waals surface area contributed by atoms with Crippen molar-refractivity contribution in [1.82, 2.24) is 10.2 Å². The molecule has 1 heterocycles. The molecule has 0 saturated carbocycles. The SMILES string of the molecule is CC1=C(C(=O)O)C(c2cccc(OCc3ccccc3)c2)N(C(=O)O)C(=S)N1. The first kappa shape index (κ1) is 19.4. The van der Waals surface area contributed by atoms with Crippen molar-refractivity contribution in [3.8, 4) is 5.75 Å². The van der Waals surface area contributed by atoms with E-state index in [0.29, 0.717) is 23.6 Å². The van der Waals surface area contributed by atoms with Crippen molar-refractivity contribution in [3.05, 3.63) is 77.0 Å². The normalized spacial score (nSPS) is 16.5. The highest BCUT2D eigenvalue weighted by atomic mass is 32.1. The summed E-state index contributed by atoms with van der Waals surface area (Å²) in [4.78, 5) is 24.4. The Balaban J connectivity index is 1.96. The molecule has 1 unspecified atom stereocenters. The number of ether oxygens (including phenoxy) is 1. The number of rotatable bonds is 5. The minimum absolute atomic E-state index is 0.0735. The molecule has 7 nitrogen and oxygen atoms in total. The standard InChI is InChI=1S/C20H18N2O5S/c1-12-16(18(23)24)17(22(20(25)26)19(28)21-12)14-8-5-9-15(10-14)27-11-13-6-3-2-4-7-13/h2-10,17H,11H2,1H3,(H,21,28)(H,23,24)(H,25,26). The van der Waals surface area contributed by atoms with Gasteiger partial charge in [0.1, 0.15) is 18.4 Å². The van der Waals surface area contributed by atoms with E-state index < -0.39 is 18.1 Å². The quantitative estimate of drug-likeness (QED) is 0.663. The third-order valence-corrected chi connectivity index (χ3v) is 4.61. The van der Waals surface area contributed by atoms with Crippen molar-refractivity contribution in [2.24, 2.45) is 0 Å². The molecule has 0 spiro atoms. The van der Waals surface area contributed by atoms with E-state index in [1.807, 2.05) is 30.3 Å². The summed E-state index contributed by atoms with van der Waals surface area (Å²) in [5.41, 5.74) is 1.64. The van der Waals surface area contributed by atoms with Crippen LogP contribution in [0.1, 0.15) is 24.1 Å². The molecule has 0 fully saturated rings. The zero-order valence-corrected chi connectivity index (χ0v) is 15.8. The predicted molar refractivity (Wildman–Crippen MR) is 106 cm³/mol. The maximum Gasteiger partial charge on any atom is 0.414 e. The monoisotopic (exact) mass is 398 g/mol. The summed E-state index contributed by atoms with van der Waals surface area (Å²) in [6, 6.07) is 15.2. The van der Waals surface area contributed by atoms with Crippen LogP contribution in [-0.2, 0) is 11.4 Å². The van der Waals surface area contributed by atoms with Gasteiger partial charge in [-0.15, -0.1) is 0 Å². The van der Waals surface area contributed by atoms with Crippen LogP contribution in [0.25, 0.3) is 0 Å². The lowest BCUT2D eigenvalue weighted by atomic mass is 9.94. The largest absolute Gasteiger partial charge is 0.489 e. The molecule has 0 aliphatic carbocycles. The Morgan fingerprint density at radius 2 is 1.86 bits per heavy atom. The lowest BCUT2D eigenvalue weighted by Crippen LogP contribution is -2.50. The van der Waals surface area contributed by atoms with E-state index in [0.717, 1.165) is 10.5 Å². The van der Waals surface area contributed by atoms with Crippen LogP contribution in [-0.4, -0.2) is 32.3 Å². The third kappa shape index (κ3) is 3.96. The van der Waals surface area contributed by atoms with Crippen molar-refractivity contribution in [2.45, 2.75) is 19.6 Å². The van der Waals surface area contributed by atoms with Crippen molar-refractivity contribution in [3.63, 3.8) is 0 Å². The summed E-state index contributed by atoms with van der Waals surface area (Å²) in [7, 11) is 0. The molecule has 1 amide bonds. The number of hydrogen-bond donors (Lipinski definition) is 3. The highest BCUT2D eigenvalue weighted by Crippen LogP contribution is 2.35. The van der Waals surface area contributed by atoms with Crippen molar-refractivity contribution < 1.29 is 24.5 Å². The minimum Gasteiger partial charge on any atom is -0.489 e. The Morgan fingerprint density at radius 3 is 2.50 bits per heavy atom. The Bertz CT molecular complexity index is 958.